The van der Waals surface area contributed by atoms with Gasteiger partial charge < -0.3 is 29.9 Å². The van der Waals surface area contributed by atoms with E-state index < -0.39 is 59.0 Å². The summed E-state index contributed by atoms with van der Waals surface area (Å²) in [5, 5.41) is 27.5. The number of aromatic nitrogens is 2. The number of benzene rings is 2. The number of rotatable bonds is 9. The van der Waals surface area contributed by atoms with Crippen molar-refractivity contribution in [3.05, 3.63) is 94.3 Å². The van der Waals surface area contributed by atoms with Crippen molar-refractivity contribution in [2.45, 2.75) is 82.2 Å². The number of hydrogen-bond acceptors (Lipinski definition) is 10. The van der Waals surface area contributed by atoms with Gasteiger partial charge in [0, 0.05) is 49.2 Å². The number of alkyl carbamates (subject to hydrolysis) is 1. The van der Waals surface area contributed by atoms with Crippen LogP contribution in [0, 0.1) is 17.5 Å². The maximum Gasteiger partial charge on any atom is 0.407 e. The van der Waals surface area contributed by atoms with E-state index in [0.29, 0.717) is 43.0 Å². The number of amides is 2. The monoisotopic (exact) mass is 758 g/mol. The van der Waals surface area contributed by atoms with Gasteiger partial charge in [0.05, 0.1) is 30.7 Å². The summed E-state index contributed by atoms with van der Waals surface area (Å²) >= 11 is 5.90. The molecule has 0 radical (unpaired) electrons. The minimum Gasteiger partial charge on any atom is -0.444 e. The molecule has 2 amide bonds. The molecule has 1 aromatic heterocycles. The first-order valence-corrected chi connectivity index (χ1v) is 17.7. The molecule has 2 saturated heterocycles. The molecule has 0 spiro atoms. The highest BCUT2D eigenvalue weighted by Gasteiger charge is 2.51. The zero-order chi connectivity index (χ0) is 38.1. The van der Waals surface area contributed by atoms with Gasteiger partial charge >= 0.3 is 6.09 Å². The van der Waals surface area contributed by atoms with Crippen LogP contribution in [-0.4, -0.2) is 92.8 Å². The molecule has 2 unspecified atom stereocenters. The lowest BCUT2D eigenvalue weighted by molar-refractivity contribution is -0.148. The summed E-state index contributed by atoms with van der Waals surface area (Å²) in [6, 6.07) is 6.19. The molecule has 0 aliphatic carbocycles. The Labute approximate surface area is 309 Å². The van der Waals surface area contributed by atoms with Crippen molar-refractivity contribution < 1.29 is 42.4 Å². The van der Waals surface area contributed by atoms with Crippen LogP contribution in [-0.2, 0) is 20.8 Å². The van der Waals surface area contributed by atoms with Gasteiger partial charge in [0.25, 0.3) is 5.91 Å². The predicted molar refractivity (Wildman–Crippen MR) is 189 cm³/mol. The highest BCUT2D eigenvalue weighted by molar-refractivity contribution is 6.30. The Morgan fingerprint density at radius 2 is 1.89 bits per heavy atom. The van der Waals surface area contributed by atoms with Crippen LogP contribution < -0.4 is 15.5 Å². The zero-order valence-corrected chi connectivity index (χ0v) is 30.2. The highest BCUT2D eigenvalue weighted by atomic mass is 35.5. The molecule has 16 heteroatoms. The molecule has 2 fully saturated rings. The third-order valence-corrected chi connectivity index (χ3v) is 9.74. The van der Waals surface area contributed by atoms with E-state index in [1.165, 1.54) is 29.4 Å². The molecule has 3 aliphatic heterocycles. The fourth-order valence-corrected chi connectivity index (χ4v) is 7.11. The minimum atomic E-state index is -2.12. The smallest absolute Gasteiger partial charge is 0.407 e. The van der Waals surface area contributed by atoms with Gasteiger partial charge in [-0.1, -0.05) is 17.7 Å². The Morgan fingerprint density at radius 3 is 2.57 bits per heavy atom. The summed E-state index contributed by atoms with van der Waals surface area (Å²) < 4.78 is 54.2. The van der Waals surface area contributed by atoms with E-state index in [-0.39, 0.29) is 42.7 Å². The quantitative estimate of drug-likeness (QED) is 0.228. The number of aliphatic hydroxyl groups excluding tert-OH is 1. The molecule has 4 heterocycles. The van der Waals surface area contributed by atoms with Crippen LogP contribution >= 0.6 is 11.6 Å². The van der Waals surface area contributed by atoms with Crippen molar-refractivity contribution in [3.8, 4) is 0 Å². The van der Waals surface area contributed by atoms with Crippen LogP contribution in [0.1, 0.15) is 63.1 Å². The second kappa shape index (κ2) is 15.7. The number of anilines is 1. The zero-order valence-electron chi connectivity index (χ0n) is 29.5. The summed E-state index contributed by atoms with van der Waals surface area (Å²) in [5.41, 5.74) is -1.20. The fraction of sp³-hybridized carbons (Fsp3) is 0.459. The van der Waals surface area contributed by atoms with Crippen LogP contribution in [0.4, 0.5) is 23.7 Å². The average molecular weight is 759 g/mol. The Balaban J connectivity index is 1.07. The molecule has 5 atom stereocenters. The van der Waals surface area contributed by atoms with Gasteiger partial charge in [-0.05, 0) is 81.1 Å². The van der Waals surface area contributed by atoms with Gasteiger partial charge in [-0.3, -0.25) is 15.0 Å². The van der Waals surface area contributed by atoms with E-state index in [0.717, 1.165) is 29.8 Å². The summed E-state index contributed by atoms with van der Waals surface area (Å²) in [7, 11) is 0. The molecule has 3 aliphatic rings. The Morgan fingerprint density at radius 1 is 1.13 bits per heavy atom. The van der Waals surface area contributed by atoms with E-state index in [1.807, 2.05) is 6.08 Å². The average Bonchev–Trinajstić information content (AvgIpc) is 3.41. The topological polar surface area (TPSA) is 149 Å². The number of aliphatic hydroxyl groups is 2. The van der Waals surface area contributed by atoms with Gasteiger partial charge in [-0.25, -0.2) is 27.9 Å². The van der Waals surface area contributed by atoms with Crippen LogP contribution in [0.15, 0.2) is 54.9 Å². The summed E-state index contributed by atoms with van der Waals surface area (Å²) in [5.74, 6) is -2.05. The van der Waals surface area contributed by atoms with Crippen LogP contribution in [0.2, 0.25) is 5.02 Å². The van der Waals surface area contributed by atoms with E-state index in [9.17, 15) is 33.0 Å². The van der Waals surface area contributed by atoms with Crippen molar-refractivity contribution >= 4 is 34.9 Å². The number of carbonyl (C=O) groups is 2. The molecule has 2 aromatic carbocycles. The maximum absolute atomic E-state index is 14.8. The number of carbonyl (C=O) groups excluding carboxylic acids is 2. The number of hydrogen-bond donors (Lipinski definition) is 4. The van der Waals surface area contributed by atoms with E-state index in [4.69, 9.17) is 21.1 Å². The lowest BCUT2D eigenvalue weighted by Crippen LogP contribution is -2.55. The minimum absolute atomic E-state index is 0.0192. The second-order valence-corrected chi connectivity index (χ2v) is 14.9. The Hall–Kier alpha value is -4.12. The lowest BCUT2D eigenvalue weighted by Gasteiger charge is -2.42. The molecular weight excluding hydrogens is 717 g/mol. The second-order valence-electron chi connectivity index (χ2n) is 14.5. The third-order valence-electron chi connectivity index (χ3n) is 9.53. The van der Waals surface area contributed by atoms with E-state index >= 15 is 0 Å². The number of nitrogens with one attached hydrogen (secondary N) is 2. The Kier molecular flexibility index (Phi) is 11.4. The van der Waals surface area contributed by atoms with E-state index in [2.05, 4.69) is 25.5 Å². The fourth-order valence-electron chi connectivity index (χ4n) is 6.87. The SMILES string of the molecule is CC(C)(C)OC(=O)NC1C[C@@H](N2CC=C(c3ncc(N4CC[C@](O)(C(O)NCc5cc(F)cc(Cl)c5)C4=O)cn3)CC2)CO[C@@H]1c1cc(F)ccc1F. The van der Waals surface area contributed by atoms with Crippen molar-refractivity contribution in [1.29, 1.82) is 0 Å². The van der Waals surface area contributed by atoms with Gasteiger partial charge in [0.15, 0.2) is 11.4 Å². The normalized spacial score (nSPS) is 24.5. The number of ether oxygens (including phenoxy) is 2. The number of halogens is 4. The van der Waals surface area contributed by atoms with Crippen molar-refractivity contribution in [2.75, 3.05) is 31.1 Å². The predicted octanol–water partition coefficient (Wildman–Crippen LogP) is 4.64. The molecule has 6 rings (SSSR count). The molecule has 284 valence electrons. The molecule has 12 nitrogen and oxygen atoms in total. The largest absolute Gasteiger partial charge is 0.444 e. The van der Waals surface area contributed by atoms with Crippen LogP contribution in [0.25, 0.3) is 5.57 Å². The lowest BCUT2D eigenvalue weighted by atomic mass is 9.91. The number of nitrogens with zero attached hydrogens (tertiary/aromatic N) is 4. The highest BCUT2D eigenvalue weighted by Crippen LogP contribution is 2.35. The van der Waals surface area contributed by atoms with Crippen molar-refractivity contribution in [1.82, 2.24) is 25.5 Å². The molecule has 3 aromatic rings. The summed E-state index contributed by atoms with van der Waals surface area (Å²) in [4.78, 5) is 38.5. The van der Waals surface area contributed by atoms with Crippen LogP contribution in [0.3, 0.4) is 0 Å². The standard InChI is InChI=1S/C37H42ClF3N6O6/c1-36(2,3)53-35(50)45-30-16-26(20-52-31(30)28-15-24(39)4-5-29(28)41)46-9-6-22(7-10-46)32-42-18-27(19-43-32)47-11-8-37(51,34(47)49)33(48)44-17-21-12-23(38)14-25(40)13-21/h4-6,12-15,18-19,26,30-31,33,44,48,51H,7-11,16-17,20H2,1-3H3,(H,45,50)/t26-,30?,31-,33?,37+/m1/s1. The van der Waals surface area contributed by atoms with Gasteiger partial charge in [-0.2, -0.15) is 0 Å². The molecule has 0 saturated carbocycles. The first-order chi connectivity index (χ1) is 25.1. The van der Waals surface area contributed by atoms with E-state index in [1.54, 1.807) is 20.8 Å². The molecule has 0 bridgehead atoms. The van der Waals surface area contributed by atoms with Crippen LogP contribution in [0.5, 0.6) is 0 Å². The van der Waals surface area contributed by atoms with Gasteiger partial charge in [0.2, 0.25) is 0 Å². The maximum atomic E-state index is 14.8. The molecular formula is C37H42ClF3N6O6. The first-order valence-electron chi connectivity index (χ1n) is 17.3. The molecule has 53 heavy (non-hydrogen) atoms. The summed E-state index contributed by atoms with van der Waals surface area (Å²) in [6.07, 6.45) is 2.63. The first kappa shape index (κ1) is 38.6. The van der Waals surface area contributed by atoms with Crippen molar-refractivity contribution in [3.63, 3.8) is 0 Å². The van der Waals surface area contributed by atoms with Gasteiger partial charge in [0.1, 0.15) is 35.4 Å². The molecule has 4 N–H and O–H groups in total. The third kappa shape index (κ3) is 8.99. The van der Waals surface area contributed by atoms with Gasteiger partial charge in [-0.15, -0.1) is 0 Å². The Bertz CT molecular complexity index is 1840. The van der Waals surface area contributed by atoms with Crippen molar-refractivity contribution in [2.24, 2.45) is 0 Å². The summed E-state index contributed by atoms with van der Waals surface area (Å²) in [6.45, 7) is 6.62.